The van der Waals surface area contributed by atoms with Crippen LogP contribution >= 0.6 is 11.8 Å². The molecule has 1 heterocycles. The summed E-state index contributed by atoms with van der Waals surface area (Å²) in [4.78, 5) is 11.8. The lowest BCUT2D eigenvalue weighted by Crippen LogP contribution is -2.43. The predicted molar refractivity (Wildman–Crippen MR) is 75.4 cm³/mol. The standard InChI is InChI=1S/C13H26N2OS/c1-4-10(2)7-11(3)15-13(16)8-12-9-17-6-5-14-12/h10-12,14H,4-9H2,1-3H3,(H,15,16). The smallest absolute Gasteiger partial charge is 0.221 e. The van der Waals surface area contributed by atoms with E-state index in [1.54, 1.807) is 0 Å². The summed E-state index contributed by atoms with van der Waals surface area (Å²) in [5.41, 5.74) is 0. The third-order valence-electron chi connectivity index (χ3n) is 3.29. The van der Waals surface area contributed by atoms with Gasteiger partial charge in [0, 0.05) is 36.6 Å². The highest BCUT2D eigenvalue weighted by molar-refractivity contribution is 7.99. The number of nitrogens with one attached hydrogen (secondary N) is 2. The zero-order valence-electron chi connectivity index (χ0n) is 11.3. The molecule has 100 valence electrons. The first-order valence-electron chi connectivity index (χ1n) is 6.72. The fraction of sp³-hybridized carbons (Fsp3) is 0.923. The van der Waals surface area contributed by atoms with Gasteiger partial charge in [0.25, 0.3) is 0 Å². The minimum Gasteiger partial charge on any atom is -0.354 e. The predicted octanol–water partition coefficient (Wildman–Crippen LogP) is 2.02. The zero-order valence-corrected chi connectivity index (χ0v) is 12.1. The lowest BCUT2D eigenvalue weighted by Gasteiger charge is -2.24. The third kappa shape index (κ3) is 6.32. The van der Waals surface area contributed by atoms with Crippen LogP contribution < -0.4 is 10.6 Å². The van der Waals surface area contributed by atoms with Gasteiger partial charge < -0.3 is 10.6 Å². The summed E-state index contributed by atoms with van der Waals surface area (Å²) in [6.07, 6.45) is 2.88. The molecule has 0 aliphatic carbocycles. The number of amides is 1. The van der Waals surface area contributed by atoms with Crippen LogP contribution in [0, 0.1) is 5.92 Å². The van der Waals surface area contributed by atoms with Crippen molar-refractivity contribution in [3.63, 3.8) is 0 Å². The summed E-state index contributed by atoms with van der Waals surface area (Å²) in [6.45, 7) is 7.57. The Labute approximate surface area is 109 Å². The maximum Gasteiger partial charge on any atom is 0.221 e. The van der Waals surface area contributed by atoms with Gasteiger partial charge in [0.15, 0.2) is 0 Å². The molecule has 0 radical (unpaired) electrons. The molecular formula is C13H26N2OS. The second kappa shape index (κ2) is 7.98. The van der Waals surface area contributed by atoms with Gasteiger partial charge in [-0.05, 0) is 19.3 Å². The normalized spacial score (nSPS) is 24.1. The second-order valence-electron chi connectivity index (χ2n) is 5.15. The molecule has 1 aliphatic heterocycles. The van der Waals surface area contributed by atoms with E-state index in [-0.39, 0.29) is 5.91 Å². The Morgan fingerprint density at radius 1 is 1.53 bits per heavy atom. The van der Waals surface area contributed by atoms with Crippen LogP contribution in [-0.4, -0.2) is 36.0 Å². The molecule has 0 aromatic carbocycles. The average molecular weight is 258 g/mol. The Morgan fingerprint density at radius 3 is 2.88 bits per heavy atom. The molecule has 0 spiro atoms. The van der Waals surface area contributed by atoms with Crippen molar-refractivity contribution in [1.29, 1.82) is 0 Å². The van der Waals surface area contributed by atoms with Crippen LogP contribution in [0.15, 0.2) is 0 Å². The Balaban J connectivity index is 2.18. The SMILES string of the molecule is CCC(C)CC(C)NC(=O)CC1CSCCN1. The van der Waals surface area contributed by atoms with E-state index in [0.717, 1.165) is 18.7 Å². The molecule has 1 saturated heterocycles. The number of hydrogen-bond acceptors (Lipinski definition) is 3. The monoisotopic (exact) mass is 258 g/mol. The highest BCUT2D eigenvalue weighted by Gasteiger charge is 2.18. The Kier molecular flexibility index (Phi) is 6.97. The molecule has 4 heteroatoms. The van der Waals surface area contributed by atoms with Crippen molar-refractivity contribution in [2.24, 2.45) is 5.92 Å². The maximum absolute atomic E-state index is 11.8. The average Bonchev–Trinajstić information content (AvgIpc) is 2.29. The van der Waals surface area contributed by atoms with Crippen LogP contribution in [0.3, 0.4) is 0 Å². The lowest BCUT2D eigenvalue weighted by molar-refractivity contribution is -0.122. The molecular weight excluding hydrogens is 232 g/mol. The fourth-order valence-electron chi connectivity index (χ4n) is 2.14. The third-order valence-corrected chi connectivity index (χ3v) is 4.42. The summed E-state index contributed by atoms with van der Waals surface area (Å²) in [7, 11) is 0. The van der Waals surface area contributed by atoms with Crippen molar-refractivity contribution in [1.82, 2.24) is 10.6 Å². The zero-order chi connectivity index (χ0) is 12.7. The number of thioether (sulfide) groups is 1. The van der Waals surface area contributed by atoms with Gasteiger partial charge in [0.2, 0.25) is 5.91 Å². The molecule has 1 amide bonds. The van der Waals surface area contributed by atoms with Crippen LogP contribution in [0.5, 0.6) is 0 Å². The van der Waals surface area contributed by atoms with Crippen molar-refractivity contribution >= 4 is 17.7 Å². The van der Waals surface area contributed by atoms with Crippen molar-refractivity contribution in [2.45, 2.75) is 52.1 Å². The van der Waals surface area contributed by atoms with Crippen LogP contribution in [0.4, 0.5) is 0 Å². The van der Waals surface area contributed by atoms with Crippen LogP contribution in [-0.2, 0) is 4.79 Å². The number of rotatable bonds is 6. The van der Waals surface area contributed by atoms with Gasteiger partial charge in [-0.1, -0.05) is 20.3 Å². The fourth-order valence-corrected chi connectivity index (χ4v) is 3.09. The molecule has 1 fully saturated rings. The second-order valence-corrected chi connectivity index (χ2v) is 6.30. The van der Waals surface area contributed by atoms with E-state index in [1.165, 1.54) is 12.2 Å². The molecule has 0 bridgehead atoms. The van der Waals surface area contributed by atoms with E-state index in [0.29, 0.717) is 24.4 Å². The topological polar surface area (TPSA) is 41.1 Å². The van der Waals surface area contributed by atoms with E-state index in [2.05, 4.69) is 31.4 Å². The minimum absolute atomic E-state index is 0.195. The van der Waals surface area contributed by atoms with Crippen molar-refractivity contribution in [2.75, 3.05) is 18.1 Å². The van der Waals surface area contributed by atoms with E-state index in [9.17, 15) is 4.79 Å². The van der Waals surface area contributed by atoms with Crippen molar-refractivity contribution in [3.8, 4) is 0 Å². The van der Waals surface area contributed by atoms with Gasteiger partial charge in [-0.2, -0.15) is 11.8 Å². The van der Waals surface area contributed by atoms with Crippen LogP contribution in [0.1, 0.15) is 40.0 Å². The van der Waals surface area contributed by atoms with E-state index in [4.69, 9.17) is 0 Å². The van der Waals surface area contributed by atoms with Crippen molar-refractivity contribution in [3.05, 3.63) is 0 Å². The molecule has 2 N–H and O–H groups in total. The molecule has 0 aromatic rings. The highest BCUT2D eigenvalue weighted by Crippen LogP contribution is 2.12. The Hall–Kier alpha value is -0.220. The van der Waals surface area contributed by atoms with E-state index >= 15 is 0 Å². The van der Waals surface area contributed by atoms with Gasteiger partial charge in [-0.25, -0.2) is 0 Å². The van der Waals surface area contributed by atoms with Gasteiger partial charge in [0.1, 0.15) is 0 Å². The molecule has 1 rings (SSSR count). The van der Waals surface area contributed by atoms with Crippen LogP contribution in [0.25, 0.3) is 0 Å². The van der Waals surface area contributed by atoms with Gasteiger partial charge >= 0.3 is 0 Å². The molecule has 3 unspecified atom stereocenters. The Bertz CT molecular complexity index is 229. The minimum atomic E-state index is 0.195. The lowest BCUT2D eigenvalue weighted by atomic mass is 10.0. The van der Waals surface area contributed by atoms with Crippen molar-refractivity contribution < 1.29 is 4.79 Å². The molecule has 0 saturated carbocycles. The number of carbonyl (C=O) groups excluding carboxylic acids is 1. The summed E-state index contributed by atoms with van der Waals surface area (Å²) in [6, 6.07) is 0.665. The van der Waals surface area contributed by atoms with E-state index < -0.39 is 0 Å². The molecule has 17 heavy (non-hydrogen) atoms. The highest BCUT2D eigenvalue weighted by atomic mass is 32.2. The Morgan fingerprint density at radius 2 is 2.29 bits per heavy atom. The summed E-state index contributed by atoms with van der Waals surface area (Å²) < 4.78 is 0. The molecule has 3 atom stereocenters. The maximum atomic E-state index is 11.8. The number of carbonyl (C=O) groups is 1. The first kappa shape index (κ1) is 14.8. The van der Waals surface area contributed by atoms with E-state index in [1.807, 2.05) is 11.8 Å². The first-order valence-corrected chi connectivity index (χ1v) is 7.87. The van der Waals surface area contributed by atoms with Crippen LogP contribution in [0.2, 0.25) is 0 Å². The van der Waals surface area contributed by atoms with Gasteiger partial charge in [-0.15, -0.1) is 0 Å². The summed E-state index contributed by atoms with van der Waals surface area (Å²) >= 11 is 1.94. The number of hydrogen-bond donors (Lipinski definition) is 2. The first-order chi connectivity index (χ1) is 8.11. The molecule has 0 aromatic heterocycles. The summed E-state index contributed by atoms with van der Waals surface area (Å²) in [5, 5.41) is 6.50. The molecule has 3 nitrogen and oxygen atoms in total. The van der Waals surface area contributed by atoms with Gasteiger partial charge in [-0.3, -0.25) is 4.79 Å². The molecule has 1 aliphatic rings. The largest absolute Gasteiger partial charge is 0.354 e. The summed E-state index contributed by atoms with van der Waals surface area (Å²) in [5.74, 6) is 3.12. The van der Waals surface area contributed by atoms with Gasteiger partial charge in [0.05, 0.1) is 0 Å². The quantitative estimate of drug-likeness (QED) is 0.766.